The maximum Gasteiger partial charge on any atom is 0.303 e. The largest absolute Gasteiger partial charge is 0.481 e. The molecule has 0 aliphatic heterocycles. The lowest BCUT2D eigenvalue weighted by atomic mass is 9.71. The van der Waals surface area contributed by atoms with Gasteiger partial charge in [0.05, 0.1) is 12.1 Å². The Bertz CT molecular complexity index is 950. The van der Waals surface area contributed by atoms with Crippen molar-refractivity contribution in [2.75, 3.05) is 12.8 Å². The van der Waals surface area contributed by atoms with Crippen LogP contribution in [0.25, 0.3) is 11.3 Å². The van der Waals surface area contributed by atoms with Crippen molar-refractivity contribution in [3.8, 4) is 11.3 Å². The van der Waals surface area contributed by atoms with E-state index in [-0.39, 0.29) is 24.4 Å². The number of carbonyl (C=O) groups excluding carboxylic acids is 1. The number of benzene rings is 1. The number of thioether (sulfide) groups is 1. The van der Waals surface area contributed by atoms with Crippen molar-refractivity contribution in [1.82, 2.24) is 15.1 Å². The molecule has 30 heavy (non-hydrogen) atoms. The number of rotatable bonds is 8. The Balaban J connectivity index is 1.68. The minimum atomic E-state index is -0.843. The molecule has 1 aliphatic rings. The fourth-order valence-electron chi connectivity index (χ4n) is 3.99. The van der Waals surface area contributed by atoms with Crippen LogP contribution >= 0.6 is 11.8 Å². The lowest BCUT2D eigenvalue weighted by Gasteiger charge is -2.36. The Hall–Kier alpha value is -2.61. The maximum absolute atomic E-state index is 12.5. The maximum atomic E-state index is 12.5. The van der Waals surface area contributed by atoms with E-state index in [1.807, 2.05) is 30.5 Å². The van der Waals surface area contributed by atoms with Gasteiger partial charge < -0.3 is 10.4 Å². The molecule has 0 bridgehead atoms. The molecule has 3 rings (SSSR count). The van der Waals surface area contributed by atoms with E-state index in [1.165, 1.54) is 6.07 Å². The molecular formula is C22H27N3O4S. The second-order valence-electron chi connectivity index (χ2n) is 7.85. The first-order valence-electron chi connectivity index (χ1n) is 10.1. The number of hydrogen-bond acceptors (Lipinski definition) is 5. The molecule has 0 unspecified atom stereocenters. The first-order valence-corrected chi connectivity index (χ1v) is 11.3. The summed E-state index contributed by atoms with van der Waals surface area (Å²) in [6.45, 7) is 0.113. The average Bonchev–Trinajstić information content (AvgIpc) is 2.74. The summed E-state index contributed by atoms with van der Waals surface area (Å²) in [4.78, 5) is 37.1. The Morgan fingerprint density at radius 1 is 1.13 bits per heavy atom. The zero-order valence-corrected chi connectivity index (χ0v) is 17.9. The standard InChI is InChI=1S/C22H27N3O4S/c1-30-17-7-5-16(6-8-17)18-9-10-20(27)25(24-18)14-19(26)23-15-22(13-21(28)29)11-3-2-4-12-22/h5-10H,2-4,11-15H2,1H3,(H,23,26)(H,28,29). The van der Waals surface area contributed by atoms with E-state index < -0.39 is 11.4 Å². The number of aliphatic carboxylic acids is 1. The van der Waals surface area contributed by atoms with Gasteiger partial charge in [-0.1, -0.05) is 31.4 Å². The third-order valence-corrected chi connectivity index (χ3v) is 6.39. The highest BCUT2D eigenvalue weighted by atomic mass is 32.2. The predicted octanol–water partition coefficient (Wildman–Crippen LogP) is 3.17. The smallest absolute Gasteiger partial charge is 0.303 e. The Morgan fingerprint density at radius 3 is 2.47 bits per heavy atom. The van der Waals surface area contributed by atoms with Crippen LogP contribution in [0.5, 0.6) is 0 Å². The van der Waals surface area contributed by atoms with E-state index in [0.29, 0.717) is 12.2 Å². The monoisotopic (exact) mass is 429 g/mol. The second kappa shape index (κ2) is 9.93. The molecule has 1 aromatic carbocycles. The van der Waals surface area contributed by atoms with Gasteiger partial charge in [0.25, 0.3) is 5.56 Å². The number of nitrogens with one attached hydrogen (secondary N) is 1. The van der Waals surface area contributed by atoms with Crippen molar-refractivity contribution >= 4 is 23.6 Å². The van der Waals surface area contributed by atoms with Gasteiger partial charge in [-0.05, 0) is 42.7 Å². The summed E-state index contributed by atoms with van der Waals surface area (Å²) in [5.74, 6) is -1.18. The molecule has 0 atom stereocenters. The summed E-state index contributed by atoms with van der Waals surface area (Å²) in [7, 11) is 0. The van der Waals surface area contributed by atoms with Gasteiger partial charge in [-0.15, -0.1) is 11.8 Å². The van der Waals surface area contributed by atoms with Crippen molar-refractivity contribution in [1.29, 1.82) is 0 Å². The van der Waals surface area contributed by atoms with Crippen LogP contribution in [0, 0.1) is 5.41 Å². The molecule has 1 amide bonds. The van der Waals surface area contributed by atoms with Crippen molar-refractivity contribution in [3.05, 3.63) is 46.8 Å². The molecule has 1 fully saturated rings. The fraction of sp³-hybridized carbons (Fsp3) is 0.455. The molecule has 1 aliphatic carbocycles. The minimum Gasteiger partial charge on any atom is -0.481 e. The summed E-state index contributed by atoms with van der Waals surface area (Å²) in [6.07, 6.45) is 6.67. The summed E-state index contributed by atoms with van der Waals surface area (Å²) >= 11 is 1.64. The fourth-order valence-corrected chi connectivity index (χ4v) is 4.40. The molecule has 8 heteroatoms. The highest BCUT2D eigenvalue weighted by Gasteiger charge is 2.34. The van der Waals surface area contributed by atoms with Crippen LogP contribution in [-0.4, -0.2) is 39.6 Å². The number of aromatic nitrogens is 2. The molecule has 1 heterocycles. The number of hydrogen-bond donors (Lipinski definition) is 2. The zero-order chi connectivity index (χ0) is 21.6. The van der Waals surface area contributed by atoms with E-state index in [1.54, 1.807) is 17.8 Å². The first-order chi connectivity index (χ1) is 14.4. The van der Waals surface area contributed by atoms with Crippen molar-refractivity contribution in [2.45, 2.75) is 50.0 Å². The van der Waals surface area contributed by atoms with Crippen LogP contribution in [0.2, 0.25) is 0 Å². The average molecular weight is 430 g/mol. The molecule has 0 radical (unpaired) electrons. The topological polar surface area (TPSA) is 101 Å². The molecule has 1 aromatic heterocycles. The Morgan fingerprint density at radius 2 is 1.83 bits per heavy atom. The van der Waals surface area contributed by atoms with Crippen molar-refractivity contribution in [3.63, 3.8) is 0 Å². The van der Waals surface area contributed by atoms with E-state index in [0.717, 1.165) is 47.2 Å². The van der Waals surface area contributed by atoms with Gasteiger partial charge in [-0.3, -0.25) is 14.4 Å². The van der Waals surface area contributed by atoms with Gasteiger partial charge in [0, 0.05) is 23.1 Å². The van der Waals surface area contributed by atoms with Gasteiger partial charge in [0.15, 0.2) is 0 Å². The van der Waals surface area contributed by atoms with Crippen LogP contribution in [-0.2, 0) is 16.1 Å². The summed E-state index contributed by atoms with van der Waals surface area (Å²) in [5, 5.41) is 16.5. The number of nitrogens with zero attached hydrogens (tertiary/aromatic N) is 2. The van der Waals surface area contributed by atoms with Crippen LogP contribution < -0.4 is 10.9 Å². The third-order valence-electron chi connectivity index (χ3n) is 5.65. The molecule has 0 spiro atoms. The molecular weight excluding hydrogens is 402 g/mol. The van der Waals surface area contributed by atoms with Crippen LogP contribution in [0.3, 0.4) is 0 Å². The highest BCUT2D eigenvalue weighted by molar-refractivity contribution is 7.98. The van der Waals surface area contributed by atoms with Crippen molar-refractivity contribution < 1.29 is 14.7 Å². The zero-order valence-electron chi connectivity index (χ0n) is 17.1. The lowest BCUT2D eigenvalue weighted by molar-refractivity contribution is -0.140. The van der Waals surface area contributed by atoms with Crippen LogP contribution in [0.4, 0.5) is 0 Å². The molecule has 2 N–H and O–H groups in total. The van der Waals surface area contributed by atoms with Crippen LogP contribution in [0.1, 0.15) is 38.5 Å². The van der Waals surface area contributed by atoms with E-state index in [4.69, 9.17) is 0 Å². The van der Waals surface area contributed by atoms with E-state index >= 15 is 0 Å². The van der Waals surface area contributed by atoms with Gasteiger partial charge in [0.1, 0.15) is 6.54 Å². The van der Waals surface area contributed by atoms with Gasteiger partial charge in [-0.25, -0.2) is 4.68 Å². The number of amides is 1. The third kappa shape index (κ3) is 5.72. The van der Waals surface area contributed by atoms with E-state index in [9.17, 15) is 19.5 Å². The summed E-state index contributed by atoms with van der Waals surface area (Å²) < 4.78 is 1.15. The molecule has 0 saturated heterocycles. The molecule has 2 aromatic rings. The summed E-state index contributed by atoms with van der Waals surface area (Å²) in [6, 6.07) is 10.9. The number of carbonyl (C=O) groups is 2. The molecule has 1 saturated carbocycles. The number of carboxylic acids is 1. The van der Waals surface area contributed by atoms with Gasteiger partial charge in [-0.2, -0.15) is 5.10 Å². The normalized spacial score (nSPS) is 15.5. The van der Waals surface area contributed by atoms with Crippen LogP contribution in [0.15, 0.2) is 46.1 Å². The highest BCUT2D eigenvalue weighted by Crippen LogP contribution is 2.38. The Kier molecular flexibility index (Phi) is 7.31. The SMILES string of the molecule is CSc1ccc(-c2ccc(=O)n(CC(=O)NCC3(CC(=O)O)CCCCC3)n2)cc1. The molecule has 160 valence electrons. The predicted molar refractivity (Wildman–Crippen MR) is 116 cm³/mol. The lowest BCUT2D eigenvalue weighted by Crippen LogP contribution is -2.42. The first kappa shape index (κ1) is 22.1. The minimum absolute atomic E-state index is 0.0486. The van der Waals surface area contributed by atoms with Gasteiger partial charge >= 0.3 is 5.97 Å². The quantitative estimate of drug-likeness (QED) is 0.625. The molecule has 7 nitrogen and oxygen atoms in total. The van der Waals surface area contributed by atoms with Gasteiger partial charge in [0.2, 0.25) is 5.91 Å². The Labute approximate surface area is 179 Å². The van der Waals surface area contributed by atoms with E-state index in [2.05, 4.69) is 10.4 Å². The second-order valence-corrected chi connectivity index (χ2v) is 8.73. The number of carboxylic acid groups (broad SMARTS) is 1. The summed E-state index contributed by atoms with van der Waals surface area (Å²) in [5.41, 5.74) is 0.723. The van der Waals surface area contributed by atoms with Crippen molar-refractivity contribution in [2.24, 2.45) is 5.41 Å².